The molecule has 1 amide bonds. The van der Waals surface area contributed by atoms with Gasteiger partial charge in [-0.2, -0.15) is 5.10 Å². The average Bonchev–Trinajstić information content (AvgIpc) is 3.29. The highest BCUT2D eigenvalue weighted by Crippen LogP contribution is 2.34. The molecule has 0 unspecified atom stereocenters. The third-order valence-electron chi connectivity index (χ3n) is 5.59. The molecule has 0 bridgehead atoms. The van der Waals surface area contributed by atoms with E-state index in [0.717, 1.165) is 27.9 Å². The van der Waals surface area contributed by atoms with E-state index < -0.39 is 0 Å². The third-order valence-corrected chi connectivity index (χ3v) is 5.59. The molecule has 0 saturated heterocycles. The van der Waals surface area contributed by atoms with E-state index >= 15 is 0 Å². The van der Waals surface area contributed by atoms with Crippen LogP contribution in [0.5, 0.6) is 11.5 Å². The topological polar surface area (TPSA) is 65.4 Å². The zero-order valence-electron chi connectivity index (χ0n) is 19.6. The molecular formula is C27H26FN3O3. The summed E-state index contributed by atoms with van der Waals surface area (Å²) in [6, 6.07) is 19.2. The second-order valence-corrected chi connectivity index (χ2v) is 7.99. The fraction of sp³-hybridized carbons (Fsp3) is 0.185. The van der Waals surface area contributed by atoms with Crippen molar-refractivity contribution in [3.63, 3.8) is 0 Å². The number of amides is 1. The van der Waals surface area contributed by atoms with Crippen molar-refractivity contribution < 1.29 is 18.7 Å². The van der Waals surface area contributed by atoms with E-state index in [9.17, 15) is 9.18 Å². The van der Waals surface area contributed by atoms with Gasteiger partial charge >= 0.3 is 0 Å². The largest absolute Gasteiger partial charge is 0.497 e. The van der Waals surface area contributed by atoms with Gasteiger partial charge in [0.2, 0.25) is 0 Å². The summed E-state index contributed by atoms with van der Waals surface area (Å²) in [6.45, 7) is 4.23. The van der Waals surface area contributed by atoms with Crippen molar-refractivity contribution in [3.05, 3.63) is 94.9 Å². The summed E-state index contributed by atoms with van der Waals surface area (Å²) < 4.78 is 25.7. The Morgan fingerprint density at radius 2 is 1.74 bits per heavy atom. The van der Waals surface area contributed by atoms with Crippen molar-refractivity contribution in [2.24, 2.45) is 0 Å². The maximum atomic E-state index is 13.3. The minimum Gasteiger partial charge on any atom is -0.497 e. The van der Waals surface area contributed by atoms with E-state index in [4.69, 9.17) is 14.6 Å². The summed E-state index contributed by atoms with van der Waals surface area (Å²) >= 11 is 0. The van der Waals surface area contributed by atoms with Gasteiger partial charge in [-0.05, 0) is 66.9 Å². The molecule has 0 fully saturated rings. The fourth-order valence-corrected chi connectivity index (χ4v) is 3.69. The molecule has 4 rings (SSSR count). The molecule has 0 aliphatic rings. The fourth-order valence-electron chi connectivity index (χ4n) is 3.69. The molecule has 0 aliphatic carbocycles. The van der Waals surface area contributed by atoms with E-state index in [-0.39, 0.29) is 18.3 Å². The van der Waals surface area contributed by atoms with Crippen molar-refractivity contribution in [3.8, 4) is 28.4 Å². The zero-order chi connectivity index (χ0) is 24.2. The maximum absolute atomic E-state index is 13.3. The normalized spacial score (nSPS) is 10.7. The van der Waals surface area contributed by atoms with Gasteiger partial charge in [-0.25, -0.2) is 9.07 Å². The second kappa shape index (κ2) is 9.79. The quantitative estimate of drug-likeness (QED) is 0.410. The van der Waals surface area contributed by atoms with Gasteiger partial charge in [-0.15, -0.1) is 0 Å². The molecule has 34 heavy (non-hydrogen) atoms. The van der Waals surface area contributed by atoms with Gasteiger partial charge in [-0.1, -0.05) is 24.3 Å². The lowest BCUT2D eigenvalue weighted by atomic mass is 10.1. The lowest BCUT2D eigenvalue weighted by Crippen LogP contribution is -2.25. The minimum absolute atomic E-state index is 0.262. The standard InChI is InChI=1S/C27H26FN3O3/c1-17-5-6-18(2)24(13-17)31-25(27(32)29-16-19-7-9-20(28)10-8-19)15-23(30-31)22-12-11-21(33-3)14-26(22)34-4/h5-15H,16H2,1-4H3,(H,29,32). The summed E-state index contributed by atoms with van der Waals surface area (Å²) in [5.41, 5.74) is 5.35. The maximum Gasteiger partial charge on any atom is 0.270 e. The number of halogens is 1. The predicted octanol–water partition coefficient (Wildman–Crippen LogP) is 5.24. The van der Waals surface area contributed by atoms with Crippen LogP contribution in [0.2, 0.25) is 0 Å². The summed E-state index contributed by atoms with van der Waals surface area (Å²) in [7, 11) is 3.17. The zero-order valence-corrected chi connectivity index (χ0v) is 19.6. The van der Waals surface area contributed by atoms with Crippen molar-refractivity contribution in [1.29, 1.82) is 0 Å². The van der Waals surface area contributed by atoms with Crippen LogP contribution in [0.3, 0.4) is 0 Å². The first-order valence-corrected chi connectivity index (χ1v) is 10.8. The molecule has 6 nitrogen and oxygen atoms in total. The van der Waals surface area contributed by atoms with Crippen molar-refractivity contribution in [2.75, 3.05) is 14.2 Å². The van der Waals surface area contributed by atoms with E-state index in [1.807, 2.05) is 44.2 Å². The van der Waals surface area contributed by atoms with Crippen molar-refractivity contribution in [2.45, 2.75) is 20.4 Å². The van der Waals surface area contributed by atoms with Crippen LogP contribution >= 0.6 is 0 Å². The molecule has 1 aromatic heterocycles. The number of carbonyl (C=O) groups is 1. The number of aromatic nitrogens is 2. The lowest BCUT2D eigenvalue weighted by molar-refractivity contribution is 0.0943. The van der Waals surface area contributed by atoms with Crippen molar-refractivity contribution >= 4 is 5.91 Å². The predicted molar refractivity (Wildman–Crippen MR) is 129 cm³/mol. The van der Waals surface area contributed by atoms with Crippen LogP contribution in [-0.4, -0.2) is 29.9 Å². The molecule has 7 heteroatoms. The number of aryl methyl sites for hydroxylation is 2. The van der Waals surface area contributed by atoms with E-state index in [1.165, 1.54) is 12.1 Å². The van der Waals surface area contributed by atoms with Crippen LogP contribution in [0.15, 0.2) is 66.7 Å². The smallest absolute Gasteiger partial charge is 0.270 e. The molecule has 174 valence electrons. The molecule has 0 aliphatic heterocycles. The van der Waals surface area contributed by atoms with E-state index in [0.29, 0.717) is 22.9 Å². The molecule has 0 atom stereocenters. The van der Waals surface area contributed by atoms with Gasteiger partial charge in [-0.3, -0.25) is 4.79 Å². The van der Waals surface area contributed by atoms with Gasteiger partial charge < -0.3 is 14.8 Å². The number of carbonyl (C=O) groups excluding carboxylic acids is 1. The molecule has 4 aromatic rings. The Hall–Kier alpha value is -4.13. The van der Waals surface area contributed by atoms with Gasteiger partial charge in [0.05, 0.1) is 25.6 Å². The van der Waals surface area contributed by atoms with Crippen molar-refractivity contribution in [1.82, 2.24) is 15.1 Å². The Kier molecular flexibility index (Phi) is 6.63. The van der Waals surface area contributed by atoms with Gasteiger partial charge in [0, 0.05) is 18.2 Å². The first-order chi connectivity index (χ1) is 16.4. The number of benzene rings is 3. The number of nitrogens with zero attached hydrogens (tertiary/aromatic N) is 2. The third kappa shape index (κ3) is 4.78. The number of methoxy groups -OCH3 is 2. The Morgan fingerprint density at radius 1 is 0.971 bits per heavy atom. The molecule has 0 spiro atoms. The number of hydrogen-bond donors (Lipinski definition) is 1. The first kappa shape index (κ1) is 23.0. The SMILES string of the molecule is COc1ccc(-c2cc(C(=O)NCc3ccc(F)cc3)n(-c3cc(C)ccc3C)n2)c(OC)c1. The van der Waals surface area contributed by atoms with Gasteiger partial charge in [0.25, 0.3) is 5.91 Å². The number of nitrogens with one attached hydrogen (secondary N) is 1. The van der Waals surface area contributed by atoms with Crippen LogP contribution in [0.25, 0.3) is 16.9 Å². The molecular weight excluding hydrogens is 433 g/mol. The van der Waals surface area contributed by atoms with Crippen LogP contribution in [0, 0.1) is 19.7 Å². The molecule has 3 aromatic carbocycles. The molecule has 0 radical (unpaired) electrons. The second-order valence-electron chi connectivity index (χ2n) is 7.99. The molecule has 1 N–H and O–H groups in total. The van der Waals surface area contributed by atoms with E-state index in [1.54, 1.807) is 43.2 Å². The van der Waals surface area contributed by atoms with Crippen LogP contribution in [-0.2, 0) is 6.54 Å². The Morgan fingerprint density at radius 3 is 2.44 bits per heavy atom. The lowest BCUT2D eigenvalue weighted by Gasteiger charge is -2.12. The number of rotatable bonds is 7. The molecule has 1 heterocycles. The summed E-state index contributed by atoms with van der Waals surface area (Å²) in [6.07, 6.45) is 0. The van der Waals surface area contributed by atoms with Crippen LogP contribution in [0.4, 0.5) is 4.39 Å². The van der Waals surface area contributed by atoms with Crippen LogP contribution < -0.4 is 14.8 Å². The summed E-state index contributed by atoms with van der Waals surface area (Å²) in [5.74, 6) is 0.632. The highest BCUT2D eigenvalue weighted by atomic mass is 19.1. The molecule has 0 saturated carbocycles. The Bertz CT molecular complexity index is 1330. The summed E-state index contributed by atoms with van der Waals surface area (Å²) in [4.78, 5) is 13.3. The Balaban J connectivity index is 1.76. The van der Waals surface area contributed by atoms with Crippen LogP contribution in [0.1, 0.15) is 27.2 Å². The first-order valence-electron chi connectivity index (χ1n) is 10.8. The minimum atomic E-state index is -0.318. The van der Waals surface area contributed by atoms with Gasteiger partial charge in [0.15, 0.2) is 0 Å². The highest BCUT2D eigenvalue weighted by molar-refractivity contribution is 5.94. The number of ether oxygens (including phenoxy) is 2. The Labute approximate surface area is 198 Å². The monoisotopic (exact) mass is 459 g/mol. The highest BCUT2D eigenvalue weighted by Gasteiger charge is 2.21. The summed E-state index contributed by atoms with van der Waals surface area (Å²) in [5, 5.41) is 7.71. The van der Waals surface area contributed by atoms with Gasteiger partial charge in [0.1, 0.15) is 23.0 Å². The average molecular weight is 460 g/mol. The van der Waals surface area contributed by atoms with E-state index in [2.05, 4.69) is 5.32 Å². The number of hydrogen-bond acceptors (Lipinski definition) is 4.